The lowest BCUT2D eigenvalue weighted by molar-refractivity contribution is -0.141. The van der Waals surface area contributed by atoms with E-state index in [0.717, 1.165) is 62.1 Å². The van der Waals surface area contributed by atoms with Gasteiger partial charge in [0.05, 0.1) is 17.6 Å². The van der Waals surface area contributed by atoms with Crippen LogP contribution in [0.2, 0.25) is 0 Å². The van der Waals surface area contributed by atoms with E-state index >= 15 is 0 Å². The van der Waals surface area contributed by atoms with Crippen LogP contribution in [-0.4, -0.2) is 73.2 Å². The lowest BCUT2D eigenvalue weighted by atomic mass is 9.93. The van der Waals surface area contributed by atoms with Crippen molar-refractivity contribution in [3.05, 3.63) is 101 Å². The van der Waals surface area contributed by atoms with Crippen LogP contribution in [0, 0.1) is 31.1 Å². The van der Waals surface area contributed by atoms with E-state index in [1.54, 1.807) is 6.20 Å². The van der Waals surface area contributed by atoms with Crippen molar-refractivity contribution in [2.75, 3.05) is 31.5 Å². The molecule has 0 amide bonds. The number of pyridine rings is 2. The fourth-order valence-corrected chi connectivity index (χ4v) is 7.38. The first kappa shape index (κ1) is 32.5. The second kappa shape index (κ2) is 13.2. The number of carboxylic acids is 1. The van der Waals surface area contributed by atoms with Crippen molar-refractivity contribution in [2.24, 2.45) is 5.92 Å². The Hall–Kier alpha value is -5.67. The summed E-state index contributed by atoms with van der Waals surface area (Å²) in [4.78, 5) is 30.0. The molecule has 5 heterocycles. The molecule has 0 saturated carbocycles. The standard InChI is InChI=1S/C40H37N7O4/c1-23-31(5-3-7-33(23)39-45-35-15-25(13-29(16-41)37(35)51-39)18-46-12-10-28(20-46)40(49)50)32-6-4-8-34(24(32)2)44-38-36-27(9-11-42-38)14-26(17-43-36)19-47-21-30(48)22-47/h3-9,11,13-15,17,28,30,48H,10,12,18-22H2,1-2H3,(H,42,44)(H,49,50). The van der Waals surface area contributed by atoms with Gasteiger partial charge in [-0.05, 0) is 96.6 Å². The van der Waals surface area contributed by atoms with Crippen LogP contribution in [0.15, 0.2) is 77.5 Å². The molecular weight excluding hydrogens is 642 g/mol. The van der Waals surface area contributed by atoms with Crippen molar-refractivity contribution in [1.82, 2.24) is 24.8 Å². The van der Waals surface area contributed by atoms with Gasteiger partial charge < -0.3 is 19.9 Å². The van der Waals surface area contributed by atoms with Crippen LogP contribution in [-0.2, 0) is 17.9 Å². The van der Waals surface area contributed by atoms with E-state index in [-0.39, 0.29) is 12.0 Å². The normalized spacial score (nSPS) is 16.8. The molecule has 256 valence electrons. The van der Waals surface area contributed by atoms with E-state index in [1.807, 2.05) is 48.7 Å². The van der Waals surface area contributed by atoms with Crippen molar-refractivity contribution in [3.8, 4) is 28.7 Å². The topological polar surface area (TPSA) is 152 Å². The van der Waals surface area contributed by atoms with Gasteiger partial charge in [-0.3, -0.25) is 19.6 Å². The number of nitrogens with zero attached hydrogens (tertiary/aromatic N) is 6. The number of fused-ring (bicyclic) bond motifs is 2. The number of nitriles is 1. The predicted molar refractivity (Wildman–Crippen MR) is 194 cm³/mol. The zero-order chi connectivity index (χ0) is 35.2. The van der Waals surface area contributed by atoms with Crippen molar-refractivity contribution in [3.63, 3.8) is 0 Å². The van der Waals surface area contributed by atoms with Crippen LogP contribution in [0.4, 0.5) is 11.5 Å². The molecule has 0 spiro atoms. The molecule has 11 nitrogen and oxygen atoms in total. The molecule has 6 aromatic rings. The van der Waals surface area contributed by atoms with Gasteiger partial charge in [0, 0.05) is 61.8 Å². The molecule has 3 aromatic carbocycles. The summed E-state index contributed by atoms with van der Waals surface area (Å²) >= 11 is 0. The monoisotopic (exact) mass is 679 g/mol. The second-order valence-corrected chi connectivity index (χ2v) is 13.7. The zero-order valence-electron chi connectivity index (χ0n) is 28.4. The van der Waals surface area contributed by atoms with E-state index in [0.29, 0.717) is 67.5 Å². The quantitative estimate of drug-likeness (QED) is 0.155. The number of oxazole rings is 1. The van der Waals surface area contributed by atoms with E-state index in [4.69, 9.17) is 14.4 Å². The highest BCUT2D eigenvalue weighted by atomic mass is 16.4. The van der Waals surface area contributed by atoms with E-state index in [9.17, 15) is 20.3 Å². The van der Waals surface area contributed by atoms with Crippen molar-refractivity contribution < 1.29 is 19.4 Å². The molecule has 1 unspecified atom stereocenters. The first-order valence-electron chi connectivity index (χ1n) is 17.1. The number of β-amino-alcohol motifs (C(OH)–C–C–N with tert-alkyl or cyclic N) is 1. The summed E-state index contributed by atoms with van der Waals surface area (Å²) in [6.45, 7) is 8.01. The first-order valence-corrected chi connectivity index (χ1v) is 17.1. The highest BCUT2D eigenvalue weighted by Gasteiger charge is 2.28. The number of aliphatic carboxylic acids is 1. The van der Waals surface area contributed by atoms with Gasteiger partial charge in [0.25, 0.3) is 0 Å². The number of anilines is 2. The van der Waals surface area contributed by atoms with Crippen molar-refractivity contribution in [1.29, 1.82) is 5.26 Å². The largest absolute Gasteiger partial charge is 0.481 e. The number of likely N-dealkylation sites (tertiary alicyclic amines) is 2. The lowest BCUT2D eigenvalue weighted by Gasteiger charge is -2.35. The Morgan fingerprint density at radius 2 is 1.73 bits per heavy atom. The smallest absolute Gasteiger partial charge is 0.307 e. The Bertz CT molecular complexity index is 2360. The van der Waals surface area contributed by atoms with Crippen LogP contribution in [0.3, 0.4) is 0 Å². The van der Waals surface area contributed by atoms with Gasteiger partial charge in [-0.1, -0.05) is 24.3 Å². The Morgan fingerprint density at radius 3 is 2.49 bits per heavy atom. The molecule has 2 aliphatic rings. The minimum Gasteiger partial charge on any atom is -0.481 e. The summed E-state index contributed by atoms with van der Waals surface area (Å²) in [6.07, 6.45) is 4.06. The summed E-state index contributed by atoms with van der Waals surface area (Å²) in [5, 5.41) is 33.6. The summed E-state index contributed by atoms with van der Waals surface area (Å²) in [6, 6.07) is 22.3. The molecule has 0 aliphatic carbocycles. The number of aliphatic hydroxyl groups is 1. The minimum absolute atomic E-state index is 0.236. The highest BCUT2D eigenvalue weighted by Crippen LogP contribution is 2.38. The van der Waals surface area contributed by atoms with Crippen molar-refractivity contribution in [2.45, 2.75) is 39.5 Å². The fourth-order valence-electron chi connectivity index (χ4n) is 7.38. The Morgan fingerprint density at radius 1 is 0.961 bits per heavy atom. The summed E-state index contributed by atoms with van der Waals surface area (Å²) in [5.74, 6) is -0.0181. The molecule has 1 atom stereocenters. The number of hydrogen-bond acceptors (Lipinski definition) is 10. The third-order valence-corrected chi connectivity index (χ3v) is 10.1. The summed E-state index contributed by atoms with van der Waals surface area (Å²) in [7, 11) is 0. The number of benzene rings is 3. The van der Waals surface area contributed by atoms with E-state index < -0.39 is 5.97 Å². The number of aliphatic hydroxyl groups excluding tert-OH is 1. The SMILES string of the molecule is Cc1c(Nc2nccc3cc(CN4CC(O)C4)cnc23)cccc1-c1cccc(-c2nc3cc(CN4CCC(C(=O)O)C4)cc(C#N)c3o2)c1C. The van der Waals surface area contributed by atoms with Crippen LogP contribution >= 0.6 is 0 Å². The van der Waals surface area contributed by atoms with Gasteiger partial charge in [0.15, 0.2) is 11.4 Å². The number of nitrogens with one attached hydrogen (secondary N) is 1. The van der Waals surface area contributed by atoms with E-state index in [1.165, 1.54) is 0 Å². The lowest BCUT2D eigenvalue weighted by Crippen LogP contribution is -2.49. The maximum atomic E-state index is 11.5. The number of hydrogen-bond donors (Lipinski definition) is 3. The first-order chi connectivity index (χ1) is 24.7. The van der Waals surface area contributed by atoms with Crippen LogP contribution < -0.4 is 5.32 Å². The fraction of sp³-hybridized carbons (Fsp3) is 0.275. The Balaban J connectivity index is 1.07. The molecular formula is C40H37N7O4. The van der Waals surface area contributed by atoms with Crippen LogP contribution in [0.5, 0.6) is 0 Å². The van der Waals surface area contributed by atoms with Gasteiger partial charge >= 0.3 is 5.97 Å². The minimum atomic E-state index is -0.767. The molecule has 0 radical (unpaired) electrons. The van der Waals surface area contributed by atoms with E-state index in [2.05, 4.69) is 58.2 Å². The maximum Gasteiger partial charge on any atom is 0.307 e. The predicted octanol–water partition coefficient (Wildman–Crippen LogP) is 6.42. The zero-order valence-corrected chi connectivity index (χ0v) is 28.4. The number of carbonyl (C=O) groups is 1. The molecule has 0 bridgehead atoms. The molecule has 2 aliphatic heterocycles. The third-order valence-electron chi connectivity index (χ3n) is 10.1. The molecule has 51 heavy (non-hydrogen) atoms. The van der Waals surface area contributed by atoms with Gasteiger partial charge in [0.1, 0.15) is 17.1 Å². The maximum absolute atomic E-state index is 11.5. The van der Waals surface area contributed by atoms with Crippen LogP contribution in [0.25, 0.3) is 44.6 Å². The molecule has 3 N–H and O–H groups in total. The average Bonchev–Trinajstić information content (AvgIpc) is 3.76. The van der Waals surface area contributed by atoms with Crippen LogP contribution in [0.1, 0.15) is 34.2 Å². The molecule has 2 fully saturated rings. The molecule has 8 rings (SSSR count). The van der Waals surface area contributed by atoms with Gasteiger partial charge in [-0.2, -0.15) is 5.26 Å². The Labute approximate surface area is 294 Å². The Kier molecular flexibility index (Phi) is 8.44. The second-order valence-electron chi connectivity index (χ2n) is 13.7. The number of aromatic nitrogens is 3. The number of rotatable bonds is 9. The molecule has 11 heteroatoms. The van der Waals surface area contributed by atoms with Gasteiger partial charge in [0.2, 0.25) is 5.89 Å². The molecule has 2 saturated heterocycles. The summed E-state index contributed by atoms with van der Waals surface area (Å²) < 4.78 is 6.27. The van der Waals surface area contributed by atoms with Crippen molar-refractivity contribution >= 4 is 39.5 Å². The highest BCUT2D eigenvalue weighted by molar-refractivity contribution is 5.91. The number of carboxylic acid groups (broad SMARTS) is 1. The van der Waals surface area contributed by atoms with Gasteiger partial charge in [-0.15, -0.1) is 0 Å². The van der Waals surface area contributed by atoms with Gasteiger partial charge in [-0.25, -0.2) is 9.97 Å². The third kappa shape index (κ3) is 6.30. The molecule has 3 aromatic heterocycles. The average molecular weight is 680 g/mol. The summed E-state index contributed by atoms with van der Waals surface area (Å²) in [5.41, 5.74) is 10.1.